The fraction of sp³-hybridized carbons (Fsp3) is 0.269. The smallest absolute Gasteiger partial charge is 0.261 e. The number of amides is 1. The molecule has 2 N–H and O–H groups in total. The second kappa shape index (κ2) is 11.1. The zero-order valence-corrected chi connectivity index (χ0v) is 22.2. The first-order chi connectivity index (χ1) is 17.9. The predicted molar refractivity (Wildman–Crippen MR) is 140 cm³/mol. The molecule has 38 heavy (non-hydrogen) atoms. The summed E-state index contributed by atoms with van der Waals surface area (Å²) in [7, 11) is -6.72. The van der Waals surface area contributed by atoms with Gasteiger partial charge < -0.3 is 4.90 Å². The molecule has 1 fully saturated rings. The summed E-state index contributed by atoms with van der Waals surface area (Å²) in [6.45, 7) is 0. The first kappa shape index (κ1) is 27.5. The van der Waals surface area contributed by atoms with Gasteiger partial charge in [0.05, 0.1) is 21.2 Å². The van der Waals surface area contributed by atoms with Crippen molar-refractivity contribution in [3.05, 3.63) is 83.9 Å². The van der Waals surface area contributed by atoms with Gasteiger partial charge in [0.1, 0.15) is 11.6 Å². The van der Waals surface area contributed by atoms with Crippen LogP contribution in [0.25, 0.3) is 0 Å². The molecule has 0 aromatic heterocycles. The van der Waals surface area contributed by atoms with Crippen LogP contribution in [0.4, 0.5) is 20.2 Å². The van der Waals surface area contributed by atoms with Crippen molar-refractivity contribution in [1.29, 1.82) is 0 Å². The van der Waals surface area contributed by atoms with E-state index in [4.69, 9.17) is 0 Å². The Morgan fingerprint density at radius 2 is 1.16 bits per heavy atom. The third-order valence-electron chi connectivity index (χ3n) is 6.38. The monoisotopic (exact) mass is 563 g/mol. The number of anilines is 2. The summed E-state index contributed by atoms with van der Waals surface area (Å²) < 4.78 is 83.0. The Hall–Kier alpha value is -3.51. The number of nitrogens with one attached hydrogen (secondary N) is 2. The minimum absolute atomic E-state index is 0.00942. The van der Waals surface area contributed by atoms with Gasteiger partial charge in [0.25, 0.3) is 26.0 Å². The molecule has 0 aliphatic heterocycles. The van der Waals surface area contributed by atoms with E-state index in [1.54, 1.807) is 11.9 Å². The Bertz CT molecular complexity index is 1430. The maximum Gasteiger partial charge on any atom is 0.261 e. The van der Waals surface area contributed by atoms with Gasteiger partial charge in [-0.2, -0.15) is 0 Å². The largest absolute Gasteiger partial charge is 0.339 e. The standard InChI is InChI=1S/C26H27F2N3O5S2/c1-31(23-5-3-2-4-6-23)26(32)18-15-21(29-37(33,34)24-11-7-19(27)8-12-24)17-22(16-18)30-38(35,36)25-13-9-20(28)10-14-25/h7-17,23,29-30H,2-6H2,1H3. The van der Waals surface area contributed by atoms with Crippen molar-refractivity contribution in [2.45, 2.75) is 47.9 Å². The zero-order valence-electron chi connectivity index (χ0n) is 20.5. The van der Waals surface area contributed by atoms with Crippen LogP contribution in [0.2, 0.25) is 0 Å². The molecule has 3 aromatic rings. The van der Waals surface area contributed by atoms with E-state index >= 15 is 0 Å². The maximum absolute atomic E-state index is 13.4. The van der Waals surface area contributed by atoms with Crippen molar-refractivity contribution in [2.24, 2.45) is 0 Å². The fourth-order valence-corrected chi connectivity index (χ4v) is 6.44. The summed E-state index contributed by atoms with van der Waals surface area (Å²) in [5, 5.41) is 0. The Morgan fingerprint density at radius 3 is 1.58 bits per heavy atom. The van der Waals surface area contributed by atoms with Gasteiger partial charge in [0, 0.05) is 18.7 Å². The highest BCUT2D eigenvalue weighted by Gasteiger charge is 2.25. The van der Waals surface area contributed by atoms with Gasteiger partial charge in [-0.15, -0.1) is 0 Å². The van der Waals surface area contributed by atoms with Crippen LogP contribution in [0, 0.1) is 11.6 Å². The number of carbonyl (C=O) groups excluding carboxylic acids is 1. The molecule has 0 saturated heterocycles. The van der Waals surface area contributed by atoms with Crippen molar-refractivity contribution in [3.8, 4) is 0 Å². The van der Waals surface area contributed by atoms with E-state index in [2.05, 4.69) is 9.44 Å². The van der Waals surface area contributed by atoms with E-state index in [9.17, 15) is 30.4 Å². The zero-order chi connectivity index (χ0) is 27.5. The number of halogens is 2. The van der Waals surface area contributed by atoms with Crippen molar-refractivity contribution in [3.63, 3.8) is 0 Å². The van der Waals surface area contributed by atoms with Gasteiger partial charge in [-0.3, -0.25) is 14.2 Å². The van der Waals surface area contributed by atoms with Crippen LogP contribution in [0.1, 0.15) is 42.5 Å². The normalized spacial score (nSPS) is 14.6. The minimum Gasteiger partial charge on any atom is -0.339 e. The second-order valence-corrected chi connectivity index (χ2v) is 12.5. The summed E-state index contributed by atoms with van der Waals surface area (Å²) in [6, 6.07) is 12.2. The predicted octanol–water partition coefficient (Wildman–Crippen LogP) is 4.97. The van der Waals surface area contributed by atoms with Crippen LogP contribution in [-0.4, -0.2) is 40.7 Å². The molecule has 1 aliphatic rings. The SMILES string of the molecule is CN(C(=O)c1cc(NS(=O)(=O)c2ccc(F)cc2)cc(NS(=O)(=O)c2ccc(F)cc2)c1)C1CCCCC1. The van der Waals surface area contributed by atoms with E-state index in [0.29, 0.717) is 0 Å². The number of hydrogen-bond donors (Lipinski definition) is 2. The number of nitrogens with zero attached hydrogens (tertiary/aromatic N) is 1. The third kappa shape index (κ3) is 6.48. The molecule has 12 heteroatoms. The molecule has 202 valence electrons. The summed E-state index contributed by atoms with van der Waals surface area (Å²) in [5.41, 5.74) is -0.0859. The van der Waals surface area contributed by atoms with Gasteiger partial charge >= 0.3 is 0 Å². The van der Waals surface area contributed by atoms with Gasteiger partial charge in [-0.05, 0) is 79.6 Å². The lowest BCUT2D eigenvalue weighted by Gasteiger charge is -2.31. The molecule has 3 aromatic carbocycles. The summed E-state index contributed by atoms with van der Waals surface area (Å²) >= 11 is 0. The summed E-state index contributed by atoms with van der Waals surface area (Å²) in [5.74, 6) is -1.62. The Labute approximate surface area is 220 Å². The minimum atomic E-state index is -4.19. The average Bonchev–Trinajstić information content (AvgIpc) is 2.88. The van der Waals surface area contributed by atoms with Gasteiger partial charge in [0.15, 0.2) is 0 Å². The van der Waals surface area contributed by atoms with E-state index in [0.717, 1.165) is 80.6 Å². The van der Waals surface area contributed by atoms with Crippen molar-refractivity contribution in [2.75, 3.05) is 16.5 Å². The van der Waals surface area contributed by atoms with Crippen LogP contribution < -0.4 is 9.44 Å². The molecule has 1 amide bonds. The summed E-state index contributed by atoms with van der Waals surface area (Å²) in [4.78, 5) is 14.5. The quantitative estimate of drug-likeness (QED) is 0.402. The fourth-order valence-electron chi connectivity index (χ4n) is 4.36. The number of hydrogen-bond acceptors (Lipinski definition) is 5. The molecule has 0 spiro atoms. The molecule has 1 saturated carbocycles. The van der Waals surface area contributed by atoms with E-state index < -0.39 is 37.6 Å². The van der Waals surface area contributed by atoms with Crippen LogP contribution in [0.5, 0.6) is 0 Å². The lowest BCUT2D eigenvalue weighted by Crippen LogP contribution is -2.38. The third-order valence-corrected chi connectivity index (χ3v) is 9.17. The molecule has 4 rings (SSSR count). The average molecular weight is 564 g/mol. The molecule has 8 nitrogen and oxygen atoms in total. The van der Waals surface area contributed by atoms with Gasteiger partial charge in [-0.25, -0.2) is 25.6 Å². The topological polar surface area (TPSA) is 113 Å². The van der Waals surface area contributed by atoms with E-state index in [1.807, 2.05) is 0 Å². The van der Waals surface area contributed by atoms with Crippen LogP contribution in [0.3, 0.4) is 0 Å². The highest BCUT2D eigenvalue weighted by molar-refractivity contribution is 7.93. The number of carbonyl (C=O) groups is 1. The lowest BCUT2D eigenvalue weighted by atomic mass is 9.94. The molecule has 0 atom stereocenters. The first-order valence-corrected chi connectivity index (χ1v) is 14.9. The first-order valence-electron chi connectivity index (χ1n) is 11.9. The van der Waals surface area contributed by atoms with Crippen molar-refractivity contribution < 1.29 is 30.4 Å². The Morgan fingerprint density at radius 1 is 0.737 bits per heavy atom. The molecule has 0 bridgehead atoms. The summed E-state index contributed by atoms with van der Waals surface area (Å²) in [6.07, 6.45) is 4.74. The number of rotatable bonds is 8. The molecular formula is C26H27F2N3O5S2. The van der Waals surface area contributed by atoms with Crippen molar-refractivity contribution >= 4 is 37.3 Å². The van der Waals surface area contributed by atoms with E-state index in [-0.39, 0.29) is 32.8 Å². The lowest BCUT2D eigenvalue weighted by molar-refractivity contribution is 0.0696. The molecule has 1 aliphatic carbocycles. The van der Waals surface area contributed by atoms with E-state index in [1.165, 1.54) is 18.2 Å². The molecule has 0 unspecified atom stereocenters. The maximum atomic E-state index is 13.4. The highest BCUT2D eigenvalue weighted by atomic mass is 32.2. The highest BCUT2D eigenvalue weighted by Crippen LogP contribution is 2.28. The van der Waals surface area contributed by atoms with Gasteiger partial charge in [0.2, 0.25) is 0 Å². The molecule has 0 radical (unpaired) electrons. The Balaban J connectivity index is 1.70. The Kier molecular flexibility index (Phi) is 8.02. The van der Waals surface area contributed by atoms with Crippen LogP contribution in [0.15, 0.2) is 76.5 Å². The number of sulfonamides is 2. The molecular weight excluding hydrogens is 536 g/mol. The van der Waals surface area contributed by atoms with Crippen LogP contribution >= 0.6 is 0 Å². The van der Waals surface area contributed by atoms with Crippen LogP contribution in [-0.2, 0) is 20.0 Å². The van der Waals surface area contributed by atoms with Gasteiger partial charge in [-0.1, -0.05) is 19.3 Å². The van der Waals surface area contributed by atoms with Crippen molar-refractivity contribution in [1.82, 2.24) is 4.90 Å². The number of benzene rings is 3. The molecule has 0 heterocycles. The second-order valence-electron chi connectivity index (χ2n) is 9.13.